The van der Waals surface area contributed by atoms with Crippen LogP contribution in [0.25, 0.3) is 11.3 Å². The summed E-state index contributed by atoms with van der Waals surface area (Å²) in [7, 11) is -3.80. The first kappa shape index (κ1) is 21.4. The van der Waals surface area contributed by atoms with Crippen molar-refractivity contribution >= 4 is 39.1 Å². The number of aromatic nitrogens is 2. The van der Waals surface area contributed by atoms with E-state index in [1.54, 1.807) is 19.1 Å². The molecule has 2 aromatic carbocycles. The van der Waals surface area contributed by atoms with E-state index >= 15 is 0 Å². The smallest absolute Gasteiger partial charge is 0.263 e. The van der Waals surface area contributed by atoms with Gasteiger partial charge in [0.15, 0.2) is 5.82 Å². The molecule has 0 aliphatic rings. The van der Waals surface area contributed by atoms with Crippen LogP contribution in [0.5, 0.6) is 0 Å². The van der Waals surface area contributed by atoms with Gasteiger partial charge in [0.1, 0.15) is 16.7 Å². The molecule has 0 spiro atoms. The predicted molar refractivity (Wildman–Crippen MR) is 123 cm³/mol. The Labute approximate surface area is 188 Å². The molecule has 160 valence electrons. The number of hydrogen-bond donors (Lipinski definition) is 1. The summed E-state index contributed by atoms with van der Waals surface area (Å²) >= 11 is 1.39. The monoisotopic (exact) mass is 463 g/mol. The maximum atomic E-state index is 12.5. The number of sulfonamides is 1. The quantitative estimate of drug-likeness (QED) is 0.388. The number of aryl methyl sites for hydroxylation is 1. The van der Waals surface area contributed by atoms with Gasteiger partial charge in [-0.3, -0.25) is 9.71 Å². The SMILES string of the molecule is Cc1cc(NS(=O)(=O)c2ccc(N=CC(C#N)c3nc(-c4ccccc4)cs3)cc2)no1. The molecule has 0 saturated carbocycles. The van der Waals surface area contributed by atoms with Gasteiger partial charge in [-0.15, -0.1) is 11.3 Å². The van der Waals surface area contributed by atoms with Crippen molar-refractivity contribution in [3.63, 3.8) is 0 Å². The van der Waals surface area contributed by atoms with Gasteiger partial charge in [-0.25, -0.2) is 13.4 Å². The standard InChI is InChI=1S/C22H17N5O3S2/c1-15-11-21(26-30-15)27-32(28,29)19-9-7-18(8-10-19)24-13-17(12-23)22-25-20(14-31-22)16-5-3-2-4-6-16/h2-11,13-14,17H,1H3,(H,26,27). The average Bonchev–Trinajstić information content (AvgIpc) is 3.44. The number of nitrogens with one attached hydrogen (secondary N) is 1. The number of hydrogen-bond acceptors (Lipinski definition) is 8. The van der Waals surface area contributed by atoms with Crippen LogP contribution < -0.4 is 4.72 Å². The molecule has 10 heteroatoms. The number of benzene rings is 2. The number of rotatable bonds is 7. The summed E-state index contributed by atoms with van der Waals surface area (Å²) in [5.41, 5.74) is 2.31. The lowest BCUT2D eigenvalue weighted by molar-refractivity contribution is 0.400. The number of nitriles is 1. The lowest BCUT2D eigenvalue weighted by Gasteiger charge is -2.05. The van der Waals surface area contributed by atoms with Gasteiger partial charge < -0.3 is 4.52 Å². The zero-order chi connectivity index (χ0) is 22.6. The Bertz CT molecular complexity index is 1390. The van der Waals surface area contributed by atoms with Crippen LogP contribution in [0.2, 0.25) is 0 Å². The van der Waals surface area contributed by atoms with Crippen LogP contribution in [0.4, 0.5) is 11.5 Å². The minimum atomic E-state index is -3.80. The molecule has 0 bridgehead atoms. The highest BCUT2D eigenvalue weighted by molar-refractivity contribution is 7.92. The van der Waals surface area contributed by atoms with E-state index in [0.717, 1.165) is 11.3 Å². The second kappa shape index (κ2) is 9.13. The molecular weight excluding hydrogens is 446 g/mol. The van der Waals surface area contributed by atoms with E-state index in [9.17, 15) is 13.7 Å². The van der Waals surface area contributed by atoms with Gasteiger partial charge >= 0.3 is 0 Å². The normalized spacial score (nSPS) is 12.5. The van der Waals surface area contributed by atoms with Crippen LogP contribution in [0.1, 0.15) is 16.7 Å². The molecule has 0 saturated heterocycles. The molecule has 4 rings (SSSR count). The molecule has 1 N–H and O–H groups in total. The van der Waals surface area contributed by atoms with E-state index in [1.807, 2.05) is 35.7 Å². The van der Waals surface area contributed by atoms with Crippen molar-refractivity contribution in [1.29, 1.82) is 5.26 Å². The lowest BCUT2D eigenvalue weighted by Crippen LogP contribution is -2.12. The van der Waals surface area contributed by atoms with E-state index in [-0.39, 0.29) is 10.7 Å². The summed E-state index contributed by atoms with van der Waals surface area (Å²) in [5, 5.41) is 15.7. The minimum Gasteiger partial charge on any atom is -0.360 e. The predicted octanol–water partition coefficient (Wildman–Crippen LogP) is 4.92. The summed E-state index contributed by atoms with van der Waals surface area (Å²) in [4.78, 5) is 8.94. The molecule has 2 heterocycles. The van der Waals surface area contributed by atoms with Gasteiger partial charge in [-0.1, -0.05) is 35.5 Å². The first-order chi connectivity index (χ1) is 15.4. The first-order valence-corrected chi connectivity index (χ1v) is 11.8. The van der Waals surface area contributed by atoms with Crippen LogP contribution in [0.3, 0.4) is 0 Å². The molecule has 1 unspecified atom stereocenters. The zero-order valence-electron chi connectivity index (χ0n) is 16.8. The van der Waals surface area contributed by atoms with Gasteiger partial charge in [0, 0.05) is 23.2 Å². The third-order valence-corrected chi connectivity index (χ3v) is 6.68. The fourth-order valence-corrected chi connectivity index (χ4v) is 4.62. The molecule has 32 heavy (non-hydrogen) atoms. The molecule has 0 aliphatic heterocycles. The largest absolute Gasteiger partial charge is 0.360 e. The van der Waals surface area contributed by atoms with Crippen molar-refractivity contribution in [3.05, 3.63) is 76.8 Å². The van der Waals surface area contributed by atoms with Crippen LogP contribution in [0, 0.1) is 18.3 Å². The van der Waals surface area contributed by atoms with Crippen LogP contribution in [-0.2, 0) is 10.0 Å². The minimum absolute atomic E-state index is 0.0568. The second-order valence-corrected chi connectivity index (χ2v) is 9.32. The van der Waals surface area contributed by atoms with Gasteiger partial charge in [0.05, 0.1) is 22.3 Å². The molecule has 0 radical (unpaired) electrons. The molecule has 0 aliphatic carbocycles. The zero-order valence-corrected chi connectivity index (χ0v) is 18.5. The summed E-state index contributed by atoms with van der Waals surface area (Å²) in [6, 6.07) is 19.4. The highest BCUT2D eigenvalue weighted by Crippen LogP contribution is 2.26. The van der Waals surface area contributed by atoms with E-state index < -0.39 is 15.9 Å². The number of anilines is 1. The number of nitrogens with zero attached hydrogens (tertiary/aromatic N) is 4. The Morgan fingerprint density at radius 1 is 1.19 bits per heavy atom. The Hall–Kier alpha value is -3.81. The summed E-state index contributed by atoms with van der Waals surface area (Å²) in [6.45, 7) is 1.67. The van der Waals surface area contributed by atoms with Crippen LogP contribution >= 0.6 is 11.3 Å². The maximum Gasteiger partial charge on any atom is 0.263 e. The van der Waals surface area contributed by atoms with E-state index in [4.69, 9.17) is 4.52 Å². The van der Waals surface area contributed by atoms with Crippen molar-refractivity contribution in [2.24, 2.45) is 4.99 Å². The summed E-state index contributed by atoms with van der Waals surface area (Å²) < 4.78 is 32.1. The molecule has 2 aromatic heterocycles. The van der Waals surface area contributed by atoms with Crippen LogP contribution in [0.15, 0.2) is 80.5 Å². The molecule has 8 nitrogen and oxygen atoms in total. The Kier molecular flexibility index (Phi) is 6.11. The summed E-state index contributed by atoms with van der Waals surface area (Å²) in [5.74, 6) is -0.00623. The Morgan fingerprint density at radius 3 is 2.59 bits per heavy atom. The van der Waals surface area contributed by atoms with Crippen molar-refractivity contribution in [1.82, 2.24) is 10.1 Å². The van der Waals surface area contributed by atoms with Crippen LogP contribution in [-0.4, -0.2) is 24.8 Å². The first-order valence-electron chi connectivity index (χ1n) is 9.45. The third kappa shape index (κ3) is 4.91. The van der Waals surface area contributed by atoms with Gasteiger partial charge in [0.2, 0.25) is 0 Å². The van der Waals surface area contributed by atoms with Gasteiger partial charge in [-0.05, 0) is 31.2 Å². The molecular formula is C22H17N5O3S2. The van der Waals surface area contributed by atoms with Crippen molar-refractivity contribution in [3.8, 4) is 17.3 Å². The third-order valence-electron chi connectivity index (χ3n) is 4.38. The fourth-order valence-electron chi connectivity index (χ4n) is 2.81. The lowest BCUT2D eigenvalue weighted by atomic mass is 10.1. The van der Waals surface area contributed by atoms with Crippen molar-refractivity contribution in [2.45, 2.75) is 17.7 Å². The molecule has 1 atom stereocenters. The fraction of sp³-hybridized carbons (Fsp3) is 0.0909. The average molecular weight is 464 g/mol. The van der Waals surface area contributed by atoms with Gasteiger partial charge in [-0.2, -0.15) is 5.26 Å². The second-order valence-electron chi connectivity index (χ2n) is 6.74. The topological polar surface area (TPSA) is 121 Å². The molecule has 0 amide bonds. The Morgan fingerprint density at radius 2 is 1.94 bits per heavy atom. The van der Waals surface area contributed by atoms with Crippen molar-refractivity contribution in [2.75, 3.05) is 4.72 Å². The van der Waals surface area contributed by atoms with E-state index in [2.05, 4.69) is 25.9 Å². The van der Waals surface area contributed by atoms with E-state index in [0.29, 0.717) is 16.5 Å². The number of aliphatic imine (C=N–C) groups is 1. The molecule has 0 fully saturated rings. The van der Waals surface area contributed by atoms with E-state index in [1.165, 1.54) is 35.8 Å². The Balaban J connectivity index is 1.47. The highest BCUT2D eigenvalue weighted by atomic mass is 32.2. The van der Waals surface area contributed by atoms with Gasteiger partial charge in [0.25, 0.3) is 10.0 Å². The van der Waals surface area contributed by atoms with Crippen molar-refractivity contribution < 1.29 is 12.9 Å². The number of thiazole rings is 1. The maximum absolute atomic E-state index is 12.5. The summed E-state index contributed by atoms with van der Waals surface area (Å²) in [6.07, 6.45) is 1.51. The molecule has 4 aromatic rings. The highest BCUT2D eigenvalue weighted by Gasteiger charge is 2.17.